The summed E-state index contributed by atoms with van der Waals surface area (Å²) in [4.78, 5) is 34.1. The van der Waals surface area contributed by atoms with Gasteiger partial charge >= 0.3 is 5.97 Å². The smallest absolute Gasteiger partial charge is 0.335 e. The van der Waals surface area contributed by atoms with Gasteiger partial charge in [0.1, 0.15) is 0 Å². The number of amides is 2. The maximum Gasteiger partial charge on any atom is 0.335 e. The van der Waals surface area contributed by atoms with Crippen molar-refractivity contribution in [2.75, 3.05) is 10.6 Å². The second-order valence-corrected chi connectivity index (χ2v) is 5.46. The zero-order valence-corrected chi connectivity index (χ0v) is 14.0. The zero-order chi connectivity index (χ0) is 18.4. The molecule has 0 heterocycles. The van der Waals surface area contributed by atoms with Gasteiger partial charge in [0.2, 0.25) is 5.91 Å². The second kappa shape index (κ2) is 8.02. The van der Waals surface area contributed by atoms with Crippen molar-refractivity contribution in [2.24, 2.45) is 0 Å². The van der Waals surface area contributed by atoms with E-state index in [0.717, 1.165) is 0 Å². The number of hydrogen-bond acceptors (Lipinski definition) is 4. The Labute approximate surface area is 149 Å². The van der Waals surface area contributed by atoms with Crippen LogP contribution >= 0.6 is 12.2 Å². The molecule has 0 fully saturated rings. The number of carboxylic acid groups (broad SMARTS) is 1. The number of hydrogen-bond donors (Lipinski definition) is 4. The van der Waals surface area contributed by atoms with Crippen molar-refractivity contribution >= 4 is 46.5 Å². The van der Waals surface area contributed by atoms with E-state index in [1.165, 1.54) is 25.1 Å². The van der Waals surface area contributed by atoms with Crippen LogP contribution in [-0.4, -0.2) is 28.0 Å². The van der Waals surface area contributed by atoms with Crippen LogP contribution in [-0.2, 0) is 4.79 Å². The molecule has 0 bridgehead atoms. The number of anilines is 2. The third kappa shape index (κ3) is 5.40. The van der Waals surface area contributed by atoms with Gasteiger partial charge in [0, 0.05) is 23.9 Å². The Morgan fingerprint density at radius 3 is 2.20 bits per heavy atom. The van der Waals surface area contributed by atoms with Crippen LogP contribution in [0.5, 0.6) is 0 Å². The second-order valence-electron chi connectivity index (χ2n) is 5.05. The number of rotatable bonds is 4. The molecule has 0 aliphatic heterocycles. The molecule has 2 rings (SSSR count). The van der Waals surface area contributed by atoms with Crippen molar-refractivity contribution in [3.8, 4) is 0 Å². The van der Waals surface area contributed by atoms with E-state index in [-0.39, 0.29) is 16.6 Å². The summed E-state index contributed by atoms with van der Waals surface area (Å²) >= 11 is 5.07. The Hall–Kier alpha value is -3.26. The SMILES string of the molecule is CC(=O)Nc1cccc(C(=O)NC(=S)Nc2ccc(C(=O)O)cc2)c1. The first-order valence-electron chi connectivity index (χ1n) is 7.18. The molecule has 0 atom stereocenters. The molecule has 0 saturated heterocycles. The molecule has 2 aromatic rings. The predicted molar refractivity (Wildman–Crippen MR) is 97.8 cm³/mol. The van der Waals surface area contributed by atoms with Crippen molar-refractivity contribution in [1.82, 2.24) is 5.32 Å². The monoisotopic (exact) mass is 357 g/mol. The molecule has 0 unspecified atom stereocenters. The van der Waals surface area contributed by atoms with Crippen molar-refractivity contribution in [3.05, 3.63) is 59.7 Å². The van der Waals surface area contributed by atoms with Gasteiger partial charge in [-0.05, 0) is 54.7 Å². The largest absolute Gasteiger partial charge is 0.478 e. The number of benzene rings is 2. The van der Waals surface area contributed by atoms with Crippen LogP contribution in [0.15, 0.2) is 48.5 Å². The highest BCUT2D eigenvalue weighted by Gasteiger charge is 2.09. The van der Waals surface area contributed by atoms with E-state index in [2.05, 4.69) is 16.0 Å². The third-order valence-corrected chi connectivity index (χ3v) is 3.27. The average Bonchev–Trinajstić information content (AvgIpc) is 2.54. The molecule has 25 heavy (non-hydrogen) atoms. The highest BCUT2D eigenvalue weighted by molar-refractivity contribution is 7.80. The maximum absolute atomic E-state index is 12.2. The molecule has 4 N–H and O–H groups in total. The molecule has 2 amide bonds. The van der Waals surface area contributed by atoms with Crippen LogP contribution in [0.1, 0.15) is 27.6 Å². The summed E-state index contributed by atoms with van der Waals surface area (Å²) in [6.45, 7) is 1.38. The lowest BCUT2D eigenvalue weighted by atomic mass is 10.2. The Kier molecular flexibility index (Phi) is 5.80. The Morgan fingerprint density at radius 1 is 0.920 bits per heavy atom. The molecule has 0 saturated carbocycles. The van der Waals surface area contributed by atoms with E-state index in [1.54, 1.807) is 30.3 Å². The van der Waals surface area contributed by atoms with Crippen LogP contribution < -0.4 is 16.0 Å². The van der Waals surface area contributed by atoms with Crippen molar-refractivity contribution in [3.63, 3.8) is 0 Å². The van der Waals surface area contributed by atoms with E-state index < -0.39 is 11.9 Å². The molecular formula is C17H15N3O4S. The number of nitrogens with one attached hydrogen (secondary N) is 3. The van der Waals surface area contributed by atoms with Crippen LogP contribution in [0.25, 0.3) is 0 Å². The van der Waals surface area contributed by atoms with Gasteiger partial charge in [-0.25, -0.2) is 4.79 Å². The Balaban J connectivity index is 1.99. The summed E-state index contributed by atoms with van der Waals surface area (Å²) in [5.41, 5.74) is 1.53. The van der Waals surface area contributed by atoms with E-state index in [9.17, 15) is 14.4 Å². The highest BCUT2D eigenvalue weighted by atomic mass is 32.1. The minimum absolute atomic E-state index is 0.0676. The lowest BCUT2D eigenvalue weighted by molar-refractivity contribution is -0.114. The van der Waals surface area contributed by atoms with Gasteiger partial charge in [-0.15, -0.1) is 0 Å². The Bertz CT molecular complexity index is 834. The van der Waals surface area contributed by atoms with Gasteiger partial charge in [0.15, 0.2) is 5.11 Å². The summed E-state index contributed by atoms with van der Waals surface area (Å²) in [7, 11) is 0. The number of carbonyl (C=O) groups excluding carboxylic acids is 2. The maximum atomic E-state index is 12.2. The fourth-order valence-corrected chi connectivity index (χ4v) is 2.19. The third-order valence-electron chi connectivity index (χ3n) is 3.06. The van der Waals surface area contributed by atoms with E-state index in [4.69, 9.17) is 17.3 Å². The molecule has 8 heteroatoms. The molecule has 128 valence electrons. The Morgan fingerprint density at radius 2 is 1.60 bits per heavy atom. The fourth-order valence-electron chi connectivity index (χ4n) is 1.98. The van der Waals surface area contributed by atoms with Gasteiger partial charge in [-0.1, -0.05) is 6.07 Å². The van der Waals surface area contributed by atoms with Crippen LogP contribution in [0.3, 0.4) is 0 Å². The molecule has 7 nitrogen and oxygen atoms in total. The summed E-state index contributed by atoms with van der Waals surface area (Å²) in [5.74, 6) is -1.70. The molecule has 0 radical (unpaired) electrons. The van der Waals surface area contributed by atoms with E-state index in [0.29, 0.717) is 16.9 Å². The first-order chi connectivity index (χ1) is 11.8. The van der Waals surface area contributed by atoms with Gasteiger partial charge in [0.25, 0.3) is 5.91 Å². The molecule has 0 aliphatic rings. The summed E-state index contributed by atoms with van der Waals surface area (Å²) < 4.78 is 0. The van der Waals surface area contributed by atoms with Gasteiger partial charge < -0.3 is 15.7 Å². The molecule has 0 spiro atoms. The molecule has 0 aliphatic carbocycles. The van der Waals surface area contributed by atoms with E-state index >= 15 is 0 Å². The van der Waals surface area contributed by atoms with Gasteiger partial charge in [-0.2, -0.15) is 0 Å². The lowest BCUT2D eigenvalue weighted by Gasteiger charge is -2.10. The fraction of sp³-hybridized carbons (Fsp3) is 0.0588. The molecule has 0 aromatic heterocycles. The number of aromatic carboxylic acids is 1. The standard InChI is InChI=1S/C17H15N3O4S/c1-10(21)18-14-4-2-3-12(9-14)15(22)20-17(25)19-13-7-5-11(6-8-13)16(23)24/h2-9H,1H3,(H,18,21)(H,23,24)(H2,19,20,22,25). The van der Waals surface area contributed by atoms with Crippen LogP contribution in [0, 0.1) is 0 Å². The summed E-state index contributed by atoms with van der Waals surface area (Å²) in [6.07, 6.45) is 0. The number of carbonyl (C=O) groups is 3. The molecular weight excluding hydrogens is 342 g/mol. The van der Waals surface area contributed by atoms with Crippen LogP contribution in [0.2, 0.25) is 0 Å². The minimum Gasteiger partial charge on any atom is -0.478 e. The summed E-state index contributed by atoms with van der Waals surface area (Å²) in [6, 6.07) is 12.3. The number of thiocarbonyl (C=S) groups is 1. The number of carboxylic acids is 1. The quantitative estimate of drug-likeness (QED) is 0.626. The van der Waals surface area contributed by atoms with E-state index in [1.807, 2.05) is 0 Å². The molecule has 2 aromatic carbocycles. The topological polar surface area (TPSA) is 108 Å². The highest BCUT2D eigenvalue weighted by Crippen LogP contribution is 2.12. The van der Waals surface area contributed by atoms with Gasteiger partial charge in [0.05, 0.1) is 5.56 Å². The minimum atomic E-state index is -1.03. The average molecular weight is 357 g/mol. The first-order valence-corrected chi connectivity index (χ1v) is 7.59. The van der Waals surface area contributed by atoms with Gasteiger partial charge in [-0.3, -0.25) is 14.9 Å². The van der Waals surface area contributed by atoms with Crippen molar-refractivity contribution in [1.29, 1.82) is 0 Å². The first kappa shape index (κ1) is 18.1. The summed E-state index contributed by atoms with van der Waals surface area (Å²) in [5, 5.41) is 16.8. The van der Waals surface area contributed by atoms with Crippen molar-refractivity contribution < 1.29 is 19.5 Å². The lowest BCUT2D eigenvalue weighted by Crippen LogP contribution is -2.34. The predicted octanol–water partition coefficient (Wildman–Crippen LogP) is 2.47. The zero-order valence-electron chi connectivity index (χ0n) is 13.2. The van der Waals surface area contributed by atoms with Crippen LogP contribution in [0.4, 0.5) is 11.4 Å². The normalized spacial score (nSPS) is 9.80. The van der Waals surface area contributed by atoms with Crippen molar-refractivity contribution in [2.45, 2.75) is 6.92 Å².